The van der Waals surface area contributed by atoms with E-state index in [9.17, 15) is 0 Å². The van der Waals surface area contributed by atoms with Crippen molar-refractivity contribution in [1.29, 1.82) is 0 Å². The van der Waals surface area contributed by atoms with E-state index >= 15 is 0 Å². The molecule has 0 fully saturated rings. The highest BCUT2D eigenvalue weighted by Crippen LogP contribution is 2.53. The van der Waals surface area contributed by atoms with Crippen molar-refractivity contribution < 1.29 is 0 Å². The topological polar surface area (TPSA) is 57.9 Å². The zero-order chi connectivity index (χ0) is 13.4. The average Bonchev–Trinajstić information content (AvgIpc) is 2.72. The second-order valence-electron chi connectivity index (χ2n) is 4.36. The maximum absolute atomic E-state index is 6.36. The van der Waals surface area contributed by atoms with Gasteiger partial charge in [-0.05, 0) is 43.4 Å². The summed E-state index contributed by atoms with van der Waals surface area (Å²) in [6, 6.07) is 0.315. The molecule has 1 aromatic heterocycles. The minimum absolute atomic E-state index is 0.315. The van der Waals surface area contributed by atoms with E-state index in [0.717, 1.165) is 11.3 Å². The molecule has 0 aliphatic carbocycles. The zero-order valence-corrected chi connectivity index (χ0v) is 14.0. The predicted octanol–water partition coefficient (Wildman–Crippen LogP) is 2.77. The van der Waals surface area contributed by atoms with Crippen LogP contribution in [-0.4, -0.2) is 21.1 Å². The summed E-state index contributed by atoms with van der Waals surface area (Å²) in [5, 5.41) is 7.02. The number of rotatable bonds is 1. The van der Waals surface area contributed by atoms with Crippen LogP contribution in [0.25, 0.3) is 0 Å². The molecule has 0 amide bonds. The Morgan fingerprint density at radius 2 is 2.06 bits per heavy atom. The number of nitrogens with zero attached hydrogens (tertiary/aromatic N) is 2. The molecule has 1 aliphatic heterocycles. The van der Waals surface area contributed by atoms with E-state index in [4.69, 9.17) is 18.4 Å². The maximum Gasteiger partial charge on any atom is 0.148 e. The number of aromatic nitrogens is 2. The Bertz CT molecular complexity index is 356. The number of halogens is 1. The molecule has 2 heterocycles. The van der Waals surface area contributed by atoms with Crippen LogP contribution in [0.5, 0.6) is 0 Å². The van der Waals surface area contributed by atoms with E-state index in [0.29, 0.717) is 6.04 Å². The third kappa shape index (κ3) is 2.24. The predicted molar refractivity (Wildman–Crippen MR) is 83.1 cm³/mol. The summed E-state index contributed by atoms with van der Waals surface area (Å²) in [6.45, 7) is 10.2. The molecule has 2 atom stereocenters. The third-order valence-corrected chi connectivity index (χ3v) is 4.38. The molecule has 0 saturated carbocycles. The summed E-state index contributed by atoms with van der Waals surface area (Å²) in [5.41, 5.74) is 7.84. The summed E-state index contributed by atoms with van der Waals surface area (Å²) >= 11 is 7.02. The van der Waals surface area contributed by atoms with E-state index < -0.39 is 8.54 Å². The van der Waals surface area contributed by atoms with Crippen molar-refractivity contribution in [2.75, 3.05) is 0 Å². The number of nitrogens with one attached hydrogen (secondary N) is 1. The standard InChI is InChI=1S/C9H15IN4S.C2H6/c1-5(2)14-8(3,11)7-6(4-12-13-7)9(14,10)15;1-2/h4-5,15H,11H2,1-3H3,(H,12,13);1-2H3. The lowest BCUT2D eigenvalue weighted by Gasteiger charge is -2.41. The summed E-state index contributed by atoms with van der Waals surface area (Å²) < 4.78 is -0.391. The molecular weight excluding hydrogens is 347 g/mol. The van der Waals surface area contributed by atoms with Gasteiger partial charge in [0.15, 0.2) is 0 Å². The van der Waals surface area contributed by atoms with E-state index in [-0.39, 0.29) is 0 Å². The second-order valence-corrected chi connectivity index (χ2v) is 7.42. The summed E-state index contributed by atoms with van der Waals surface area (Å²) in [7, 11) is 0. The fourth-order valence-corrected chi connectivity index (χ4v) is 4.43. The van der Waals surface area contributed by atoms with Gasteiger partial charge in [0.2, 0.25) is 0 Å². The first-order chi connectivity index (χ1) is 7.79. The van der Waals surface area contributed by atoms with Crippen molar-refractivity contribution in [2.24, 2.45) is 5.73 Å². The van der Waals surface area contributed by atoms with Crippen molar-refractivity contribution in [1.82, 2.24) is 15.1 Å². The van der Waals surface area contributed by atoms with Crippen LogP contribution < -0.4 is 5.73 Å². The van der Waals surface area contributed by atoms with Gasteiger partial charge in [0.25, 0.3) is 0 Å². The smallest absolute Gasteiger partial charge is 0.148 e. The first-order valence-corrected chi connectivity index (χ1v) is 7.36. The molecule has 4 nitrogen and oxygen atoms in total. The van der Waals surface area contributed by atoms with Gasteiger partial charge in [-0.25, -0.2) is 0 Å². The monoisotopic (exact) mass is 368 g/mol. The normalized spacial score (nSPS) is 32.3. The molecule has 0 radical (unpaired) electrons. The van der Waals surface area contributed by atoms with Crippen molar-refractivity contribution in [3.05, 3.63) is 17.5 Å². The maximum atomic E-state index is 6.36. The molecule has 0 spiro atoms. The van der Waals surface area contributed by atoms with Gasteiger partial charge >= 0.3 is 0 Å². The lowest BCUT2D eigenvalue weighted by Crippen LogP contribution is -2.54. The van der Waals surface area contributed by atoms with Crippen molar-refractivity contribution >= 4 is 35.2 Å². The number of H-pyrrole nitrogens is 1. The molecule has 2 unspecified atom stereocenters. The Hall–Kier alpha value is 0.210. The van der Waals surface area contributed by atoms with Crippen LogP contribution >= 0.6 is 35.2 Å². The Kier molecular flexibility index (Phi) is 4.55. The lowest BCUT2D eigenvalue weighted by atomic mass is 10.1. The quantitative estimate of drug-likeness (QED) is 0.309. The Labute approximate surface area is 122 Å². The van der Waals surface area contributed by atoms with Crippen molar-refractivity contribution in [2.45, 2.75) is 49.2 Å². The van der Waals surface area contributed by atoms with Crippen molar-refractivity contribution in [3.63, 3.8) is 0 Å². The molecular formula is C11H21IN4S. The summed E-state index contributed by atoms with van der Waals surface area (Å²) in [5.74, 6) is 0. The van der Waals surface area contributed by atoms with Gasteiger partial charge in [0.05, 0.1) is 11.9 Å². The van der Waals surface area contributed by atoms with Gasteiger partial charge < -0.3 is 5.73 Å². The Morgan fingerprint density at radius 3 is 2.47 bits per heavy atom. The minimum atomic E-state index is -0.539. The number of thiol groups is 1. The van der Waals surface area contributed by atoms with Gasteiger partial charge in [-0.2, -0.15) is 5.10 Å². The van der Waals surface area contributed by atoms with Gasteiger partial charge in [0, 0.05) is 11.6 Å². The fourth-order valence-electron chi connectivity index (χ4n) is 2.35. The SMILES string of the molecule is CC.CC(C)N1C(C)(N)c2[nH]ncc2C1(S)I. The molecule has 0 aromatic carbocycles. The second kappa shape index (κ2) is 5.07. The fraction of sp³-hybridized carbons (Fsp3) is 0.727. The number of hydrogen-bond donors (Lipinski definition) is 3. The molecule has 2 rings (SSSR count). The summed E-state index contributed by atoms with van der Waals surface area (Å²) in [6.07, 6.45) is 1.81. The molecule has 1 aliphatic rings. The van der Waals surface area contributed by atoms with Gasteiger partial charge in [-0.15, -0.1) is 12.6 Å². The lowest BCUT2D eigenvalue weighted by molar-refractivity contribution is 0.0738. The van der Waals surface area contributed by atoms with Crippen LogP contribution in [0.1, 0.15) is 45.9 Å². The van der Waals surface area contributed by atoms with Crippen LogP contribution in [-0.2, 0) is 8.54 Å². The molecule has 98 valence electrons. The van der Waals surface area contributed by atoms with Crippen LogP contribution in [0.15, 0.2) is 6.20 Å². The van der Waals surface area contributed by atoms with Crippen LogP contribution in [0.3, 0.4) is 0 Å². The summed E-state index contributed by atoms with van der Waals surface area (Å²) in [4.78, 5) is 2.17. The van der Waals surface area contributed by atoms with Crippen LogP contribution in [0.4, 0.5) is 0 Å². The number of alkyl halides is 1. The number of fused-ring (bicyclic) bond motifs is 1. The van der Waals surface area contributed by atoms with Gasteiger partial charge in [0.1, 0.15) is 8.54 Å². The van der Waals surface area contributed by atoms with Crippen LogP contribution in [0.2, 0.25) is 0 Å². The largest absolute Gasteiger partial charge is 0.308 e. The molecule has 1 aromatic rings. The van der Waals surface area contributed by atoms with E-state index in [2.05, 4.69) is 51.5 Å². The molecule has 17 heavy (non-hydrogen) atoms. The number of aromatic amines is 1. The first kappa shape index (κ1) is 15.3. The number of nitrogens with two attached hydrogens (primary N) is 1. The molecule has 0 saturated heterocycles. The zero-order valence-electron chi connectivity index (χ0n) is 11.0. The van der Waals surface area contributed by atoms with E-state index in [1.807, 2.05) is 27.0 Å². The molecule has 3 N–H and O–H groups in total. The van der Waals surface area contributed by atoms with Crippen LogP contribution in [0, 0.1) is 0 Å². The highest BCUT2D eigenvalue weighted by Gasteiger charge is 2.54. The molecule has 6 heteroatoms. The number of hydrogen-bond acceptors (Lipinski definition) is 4. The highest BCUT2D eigenvalue weighted by molar-refractivity contribution is 14.1. The highest BCUT2D eigenvalue weighted by atomic mass is 127. The van der Waals surface area contributed by atoms with Gasteiger partial charge in [-0.1, -0.05) is 13.8 Å². The van der Waals surface area contributed by atoms with Gasteiger partial charge in [-0.3, -0.25) is 10.00 Å². The van der Waals surface area contributed by atoms with Crippen molar-refractivity contribution in [3.8, 4) is 0 Å². The third-order valence-electron chi connectivity index (χ3n) is 2.82. The average molecular weight is 368 g/mol. The van der Waals surface area contributed by atoms with E-state index in [1.54, 1.807) is 0 Å². The van der Waals surface area contributed by atoms with E-state index in [1.165, 1.54) is 0 Å². The molecule has 0 bridgehead atoms. The Morgan fingerprint density at radius 1 is 1.53 bits per heavy atom. The first-order valence-electron chi connectivity index (χ1n) is 5.83. The Balaban J connectivity index is 0.000000686. The minimum Gasteiger partial charge on any atom is -0.308 e.